The second kappa shape index (κ2) is 7.51. The van der Waals surface area contributed by atoms with Crippen molar-refractivity contribution in [3.63, 3.8) is 0 Å². The molecule has 17 heavy (non-hydrogen) atoms. The SMILES string of the molecule is CCOCC(NC(C)Cc1ccco1)C(C)C. The van der Waals surface area contributed by atoms with E-state index in [0.29, 0.717) is 18.0 Å². The average molecular weight is 239 g/mol. The van der Waals surface area contributed by atoms with Gasteiger partial charge in [0.05, 0.1) is 12.9 Å². The zero-order valence-electron chi connectivity index (χ0n) is 11.4. The van der Waals surface area contributed by atoms with Gasteiger partial charge in [-0.05, 0) is 31.9 Å². The topological polar surface area (TPSA) is 34.4 Å². The Bertz CT molecular complexity index is 282. The van der Waals surface area contributed by atoms with E-state index in [1.54, 1.807) is 6.26 Å². The van der Waals surface area contributed by atoms with Crippen LogP contribution in [0.15, 0.2) is 22.8 Å². The molecule has 0 aliphatic heterocycles. The minimum absolute atomic E-state index is 0.397. The third-order valence-electron chi connectivity index (χ3n) is 2.89. The standard InChI is InChI=1S/C14H25NO2/c1-5-16-10-14(11(2)3)15-12(4)9-13-7-6-8-17-13/h6-8,11-12,14-15H,5,9-10H2,1-4H3. The van der Waals surface area contributed by atoms with E-state index in [9.17, 15) is 0 Å². The van der Waals surface area contributed by atoms with Crippen molar-refractivity contribution in [3.05, 3.63) is 24.2 Å². The van der Waals surface area contributed by atoms with Gasteiger partial charge in [0.1, 0.15) is 5.76 Å². The van der Waals surface area contributed by atoms with Crippen LogP contribution in [0.3, 0.4) is 0 Å². The Morgan fingerprint density at radius 1 is 1.35 bits per heavy atom. The molecule has 1 heterocycles. The molecule has 1 rings (SSSR count). The van der Waals surface area contributed by atoms with Gasteiger partial charge in [-0.25, -0.2) is 0 Å². The molecular weight excluding hydrogens is 214 g/mol. The molecule has 0 spiro atoms. The maximum Gasteiger partial charge on any atom is 0.105 e. The molecule has 0 radical (unpaired) electrons. The lowest BCUT2D eigenvalue weighted by Gasteiger charge is -2.26. The van der Waals surface area contributed by atoms with Crippen LogP contribution in [0.2, 0.25) is 0 Å². The van der Waals surface area contributed by atoms with Gasteiger partial charge in [-0.2, -0.15) is 0 Å². The third-order valence-corrected chi connectivity index (χ3v) is 2.89. The van der Waals surface area contributed by atoms with Gasteiger partial charge in [0.25, 0.3) is 0 Å². The molecule has 0 aliphatic rings. The van der Waals surface area contributed by atoms with Crippen LogP contribution in [0.1, 0.15) is 33.5 Å². The lowest BCUT2D eigenvalue weighted by molar-refractivity contribution is 0.104. The first kappa shape index (κ1) is 14.3. The van der Waals surface area contributed by atoms with Gasteiger partial charge < -0.3 is 14.5 Å². The van der Waals surface area contributed by atoms with Gasteiger partial charge in [0, 0.05) is 25.1 Å². The number of nitrogens with one attached hydrogen (secondary N) is 1. The van der Waals surface area contributed by atoms with E-state index in [4.69, 9.17) is 9.15 Å². The molecule has 0 saturated carbocycles. The van der Waals surface area contributed by atoms with Gasteiger partial charge >= 0.3 is 0 Å². The van der Waals surface area contributed by atoms with Crippen molar-refractivity contribution in [2.75, 3.05) is 13.2 Å². The summed E-state index contributed by atoms with van der Waals surface area (Å²) in [6, 6.07) is 4.75. The van der Waals surface area contributed by atoms with E-state index in [1.807, 2.05) is 19.1 Å². The Labute approximate surface area is 105 Å². The highest BCUT2D eigenvalue weighted by molar-refractivity contribution is 5.00. The van der Waals surface area contributed by atoms with Crippen molar-refractivity contribution in [2.45, 2.75) is 46.2 Å². The van der Waals surface area contributed by atoms with Crippen LogP contribution in [0, 0.1) is 5.92 Å². The summed E-state index contributed by atoms with van der Waals surface area (Å²) in [6.07, 6.45) is 2.64. The first-order valence-corrected chi connectivity index (χ1v) is 6.49. The van der Waals surface area contributed by atoms with Crippen LogP contribution in [0.25, 0.3) is 0 Å². The Kier molecular flexibility index (Phi) is 6.30. The highest BCUT2D eigenvalue weighted by Gasteiger charge is 2.16. The molecule has 98 valence electrons. The minimum atomic E-state index is 0.397. The normalized spacial score (nSPS) is 15.1. The van der Waals surface area contributed by atoms with Crippen molar-refractivity contribution in [1.82, 2.24) is 5.32 Å². The number of ether oxygens (including phenoxy) is 1. The summed E-state index contributed by atoms with van der Waals surface area (Å²) in [5.41, 5.74) is 0. The Morgan fingerprint density at radius 2 is 2.12 bits per heavy atom. The number of furan rings is 1. The maximum atomic E-state index is 5.51. The lowest BCUT2D eigenvalue weighted by Crippen LogP contribution is -2.44. The summed E-state index contributed by atoms with van der Waals surface area (Å²) in [5, 5.41) is 3.60. The summed E-state index contributed by atoms with van der Waals surface area (Å²) in [6.45, 7) is 10.2. The zero-order valence-corrected chi connectivity index (χ0v) is 11.4. The van der Waals surface area contributed by atoms with Crippen LogP contribution in [-0.2, 0) is 11.2 Å². The fourth-order valence-corrected chi connectivity index (χ4v) is 1.83. The molecule has 0 aromatic carbocycles. The van der Waals surface area contributed by atoms with E-state index < -0.39 is 0 Å². The summed E-state index contributed by atoms with van der Waals surface area (Å²) in [7, 11) is 0. The fraction of sp³-hybridized carbons (Fsp3) is 0.714. The molecule has 1 aromatic heterocycles. The first-order valence-electron chi connectivity index (χ1n) is 6.49. The molecule has 1 aromatic rings. The van der Waals surface area contributed by atoms with Crippen molar-refractivity contribution in [3.8, 4) is 0 Å². The molecule has 0 aliphatic carbocycles. The summed E-state index contributed by atoms with van der Waals surface area (Å²) in [5.74, 6) is 1.60. The smallest absolute Gasteiger partial charge is 0.105 e. The number of hydrogen-bond acceptors (Lipinski definition) is 3. The van der Waals surface area contributed by atoms with Crippen LogP contribution < -0.4 is 5.32 Å². The summed E-state index contributed by atoms with van der Waals surface area (Å²) in [4.78, 5) is 0. The fourth-order valence-electron chi connectivity index (χ4n) is 1.83. The molecule has 2 unspecified atom stereocenters. The molecule has 1 N–H and O–H groups in total. The second-order valence-electron chi connectivity index (χ2n) is 4.86. The monoisotopic (exact) mass is 239 g/mol. The molecule has 3 nitrogen and oxygen atoms in total. The van der Waals surface area contributed by atoms with Gasteiger partial charge in [-0.15, -0.1) is 0 Å². The van der Waals surface area contributed by atoms with Gasteiger partial charge in [0.15, 0.2) is 0 Å². The molecule has 0 amide bonds. The van der Waals surface area contributed by atoms with Gasteiger partial charge in [0.2, 0.25) is 0 Å². The molecule has 0 saturated heterocycles. The predicted octanol–water partition coefficient (Wildman–Crippen LogP) is 2.86. The highest BCUT2D eigenvalue weighted by atomic mass is 16.5. The lowest BCUT2D eigenvalue weighted by atomic mass is 10.0. The summed E-state index contributed by atoms with van der Waals surface area (Å²) < 4.78 is 10.9. The van der Waals surface area contributed by atoms with Gasteiger partial charge in [-0.1, -0.05) is 13.8 Å². The third kappa shape index (κ3) is 5.37. The first-order chi connectivity index (χ1) is 8.13. The van der Waals surface area contributed by atoms with Crippen molar-refractivity contribution in [1.29, 1.82) is 0 Å². The number of rotatable bonds is 8. The molecule has 0 fully saturated rings. The minimum Gasteiger partial charge on any atom is -0.469 e. The quantitative estimate of drug-likeness (QED) is 0.757. The Morgan fingerprint density at radius 3 is 2.65 bits per heavy atom. The van der Waals surface area contributed by atoms with Crippen LogP contribution in [0.4, 0.5) is 0 Å². The van der Waals surface area contributed by atoms with E-state index in [-0.39, 0.29) is 0 Å². The number of hydrogen-bond donors (Lipinski definition) is 1. The highest BCUT2D eigenvalue weighted by Crippen LogP contribution is 2.08. The Hall–Kier alpha value is -0.800. The van der Waals surface area contributed by atoms with E-state index in [1.165, 1.54) is 0 Å². The van der Waals surface area contributed by atoms with E-state index >= 15 is 0 Å². The molecular formula is C14H25NO2. The predicted molar refractivity (Wildman–Crippen MR) is 70.1 cm³/mol. The van der Waals surface area contributed by atoms with Gasteiger partial charge in [-0.3, -0.25) is 0 Å². The Balaban J connectivity index is 2.37. The average Bonchev–Trinajstić information content (AvgIpc) is 2.76. The van der Waals surface area contributed by atoms with E-state index in [2.05, 4.69) is 26.1 Å². The van der Waals surface area contributed by atoms with Crippen LogP contribution in [-0.4, -0.2) is 25.3 Å². The second-order valence-corrected chi connectivity index (χ2v) is 4.86. The molecule has 0 bridgehead atoms. The zero-order chi connectivity index (χ0) is 12.7. The molecule has 2 atom stereocenters. The van der Waals surface area contributed by atoms with Crippen molar-refractivity contribution < 1.29 is 9.15 Å². The van der Waals surface area contributed by atoms with Crippen molar-refractivity contribution >= 4 is 0 Å². The molecule has 3 heteroatoms. The van der Waals surface area contributed by atoms with E-state index in [0.717, 1.165) is 25.4 Å². The summed E-state index contributed by atoms with van der Waals surface area (Å²) >= 11 is 0. The van der Waals surface area contributed by atoms with Crippen LogP contribution >= 0.6 is 0 Å². The maximum absolute atomic E-state index is 5.51. The van der Waals surface area contributed by atoms with Crippen LogP contribution in [0.5, 0.6) is 0 Å². The van der Waals surface area contributed by atoms with Crippen molar-refractivity contribution in [2.24, 2.45) is 5.92 Å². The largest absolute Gasteiger partial charge is 0.469 e.